The summed E-state index contributed by atoms with van der Waals surface area (Å²) in [5.41, 5.74) is 0.794. The van der Waals surface area contributed by atoms with Crippen LogP contribution in [0.4, 0.5) is 20.5 Å². The number of benzene rings is 1. The van der Waals surface area contributed by atoms with Gasteiger partial charge in [-0.25, -0.2) is 13.8 Å². The van der Waals surface area contributed by atoms with E-state index in [9.17, 15) is 18.4 Å². The number of carboxylic acid groups (broad SMARTS) is 1. The molecule has 0 aliphatic heterocycles. The molecule has 1 aliphatic carbocycles. The molecule has 0 bridgehead atoms. The van der Waals surface area contributed by atoms with Gasteiger partial charge >= 0.3 is 12.0 Å². The molecule has 172 valence electrons. The highest BCUT2D eigenvalue weighted by molar-refractivity contribution is 5.93. The van der Waals surface area contributed by atoms with Crippen LogP contribution in [0.3, 0.4) is 0 Å². The summed E-state index contributed by atoms with van der Waals surface area (Å²) in [6, 6.07) is 6.37. The van der Waals surface area contributed by atoms with Gasteiger partial charge in [0.2, 0.25) is 11.7 Å². The summed E-state index contributed by atoms with van der Waals surface area (Å²) in [5.74, 6) is -3.39. The number of aromatic nitrogens is 3. The molecule has 1 fully saturated rings. The number of aliphatic carboxylic acids is 1. The number of nitrogens with zero attached hydrogens (tertiary/aromatic N) is 3. The zero-order chi connectivity index (χ0) is 23.4. The van der Waals surface area contributed by atoms with E-state index in [4.69, 9.17) is 14.3 Å². The molecule has 2 N–H and O–H groups in total. The van der Waals surface area contributed by atoms with E-state index >= 15 is 0 Å². The molecule has 0 atom stereocenters. The van der Waals surface area contributed by atoms with E-state index in [1.165, 1.54) is 12.3 Å². The van der Waals surface area contributed by atoms with Crippen molar-refractivity contribution in [1.29, 1.82) is 0 Å². The largest absolute Gasteiger partial charge is 0.481 e. The van der Waals surface area contributed by atoms with Crippen molar-refractivity contribution < 1.29 is 32.6 Å². The predicted molar refractivity (Wildman–Crippen MR) is 110 cm³/mol. The van der Waals surface area contributed by atoms with Gasteiger partial charge in [-0.1, -0.05) is 11.2 Å². The fourth-order valence-corrected chi connectivity index (χ4v) is 3.53. The lowest BCUT2D eigenvalue weighted by Gasteiger charge is -2.26. The molecule has 0 spiro atoms. The monoisotopic (exact) mass is 458 g/mol. The van der Waals surface area contributed by atoms with Gasteiger partial charge in [0.25, 0.3) is 5.89 Å². The third-order valence-electron chi connectivity index (χ3n) is 5.31. The molecule has 1 aromatic carbocycles. The smallest absolute Gasteiger partial charge is 0.320 e. The second-order valence-electron chi connectivity index (χ2n) is 7.70. The highest BCUT2D eigenvalue weighted by atomic mass is 19.2. The number of halogens is 2. The second-order valence-corrected chi connectivity index (χ2v) is 7.70. The van der Waals surface area contributed by atoms with Crippen LogP contribution >= 0.6 is 0 Å². The van der Waals surface area contributed by atoms with Gasteiger partial charge in [0.15, 0.2) is 11.6 Å². The Bertz CT molecular complexity index is 1140. The SMILES string of the molecule is O=C(Cc1ccc(OC2CCC(C(=O)O)CC2)nc1)c1nnc(Nc2ccc(F)c(F)c2)o1. The Labute approximate surface area is 186 Å². The van der Waals surface area contributed by atoms with Crippen molar-refractivity contribution in [2.45, 2.75) is 38.2 Å². The number of ketones is 1. The number of hydrogen-bond acceptors (Lipinski definition) is 8. The molecule has 0 unspecified atom stereocenters. The molecular formula is C22H20F2N4O5. The van der Waals surface area contributed by atoms with Gasteiger partial charge in [0.1, 0.15) is 6.10 Å². The number of Topliss-reactive ketones (excluding diaryl/α,β-unsaturated/α-hetero) is 1. The molecule has 4 rings (SSSR count). The van der Waals surface area contributed by atoms with Crippen molar-refractivity contribution in [2.24, 2.45) is 5.92 Å². The lowest BCUT2D eigenvalue weighted by molar-refractivity contribution is -0.143. The first-order valence-electron chi connectivity index (χ1n) is 10.3. The number of hydrogen-bond donors (Lipinski definition) is 2. The van der Waals surface area contributed by atoms with Crippen molar-refractivity contribution >= 4 is 23.5 Å². The van der Waals surface area contributed by atoms with Crippen LogP contribution in [0.1, 0.15) is 41.9 Å². The summed E-state index contributed by atoms with van der Waals surface area (Å²) in [6.07, 6.45) is 3.83. The number of anilines is 2. The van der Waals surface area contributed by atoms with Crippen LogP contribution in [0.25, 0.3) is 0 Å². The normalized spacial score (nSPS) is 18.0. The Kier molecular flexibility index (Phi) is 6.57. The van der Waals surface area contributed by atoms with Gasteiger partial charge in [-0.15, -0.1) is 5.10 Å². The molecule has 1 aliphatic rings. The molecule has 1 saturated carbocycles. The Morgan fingerprint density at radius 3 is 2.55 bits per heavy atom. The molecule has 11 heteroatoms. The van der Waals surface area contributed by atoms with Crippen LogP contribution in [0.15, 0.2) is 40.9 Å². The highest BCUT2D eigenvalue weighted by Crippen LogP contribution is 2.27. The summed E-state index contributed by atoms with van der Waals surface area (Å²) in [7, 11) is 0. The average Bonchev–Trinajstić information content (AvgIpc) is 3.27. The number of carbonyl (C=O) groups excluding carboxylic acids is 1. The minimum absolute atomic E-state index is 0.0379. The van der Waals surface area contributed by atoms with E-state index < -0.39 is 23.4 Å². The fraction of sp³-hybridized carbons (Fsp3) is 0.318. The van der Waals surface area contributed by atoms with Gasteiger partial charge in [0.05, 0.1) is 5.92 Å². The van der Waals surface area contributed by atoms with Crippen LogP contribution in [0.2, 0.25) is 0 Å². The van der Waals surface area contributed by atoms with Crippen LogP contribution in [-0.4, -0.2) is 38.1 Å². The predicted octanol–water partition coefficient (Wildman–Crippen LogP) is 3.93. The van der Waals surface area contributed by atoms with Gasteiger partial charge < -0.3 is 19.6 Å². The first-order chi connectivity index (χ1) is 15.9. The second kappa shape index (κ2) is 9.72. The maximum atomic E-state index is 13.3. The average molecular weight is 458 g/mol. The molecule has 9 nitrogen and oxygen atoms in total. The van der Waals surface area contributed by atoms with Crippen molar-refractivity contribution in [1.82, 2.24) is 15.2 Å². The summed E-state index contributed by atoms with van der Waals surface area (Å²) < 4.78 is 37.4. The van der Waals surface area contributed by atoms with Crippen molar-refractivity contribution in [3.05, 3.63) is 59.6 Å². The van der Waals surface area contributed by atoms with Gasteiger partial charge in [-0.05, 0) is 43.4 Å². The van der Waals surface area contributed by atoms with E-state index in [0.29, 0.717) is 37.1 Å². The van der Waals surface area contributed by atoms with Crippen LogP contribution in [0, 0.1) is 17.6 Å². The summed E-state index contributed by atoms with van der Waals surface area (Å²) in [4.78, 5) is 27.7. The van der Waals surface area contributed by atoms with Crippen molar-refractivity contribution in [3.8, 4) is 5.88 Å². The van der Waals surface area contributed by atoms with E-state index in [2.05, 4.69) is 20.5 Å². The number of carboxylic acids is 1. The molecule has 2 aromatic heterocycles. The van der Waals surface area contributed by atoms with Crippen LogP contribution in [0.5, 0.6) is 5.88 Å². The summed E-state index contributed by atoms with van der Waals surface area (Å²) in [5, 5.41) is 19.0. The van der Waals surface area contributed by atoms with E-state index in [1.54, 1.807) is 12.1 Å². The Morgan fingerprint density at radius 1 is 1.09 bits per heavy atom. The minimum Gasteiger partial charge on any atom is -0.481 e. The summed E-state index contributed by atoms with van der Waals surface area (Å²) >= 11 is 0. The molecule has 0 saturated heterocycles. The third-order valence-corrected chi connectivity index (χ3v) is 5.31. The van der Waals surface area contributed by atoms with E-state index in [0.717, 1.165) is 12.1 Å². The molecule has 0 amide bonds. The Hall–Kier alpha value is -3.89. The van der Waals surface area contributed by atoms with Gasteiger partial charge in [0, 0.05) is 30.4 Å². The molecule has 0 radical (unpaired) electrons. The molecular weight excluding hydrogens is 438 g/mol. The van der Waals surface area contributed by atoms with Crippen molar-refractivity contribution in [2.75, 3.05) is 5.32 Å². The van der Waals surface area contributed by atoms with Crippen molar-refractivity contribution in [3.63, 3.8) is 0 Å². The first kappa shape index (κ1) is 22.3. The van der Waals surface area contributed by atoms with Gasteiger partial charge in [-0.2, -0.15) is 0 Å². The number of carbonyl (C=O) groups is 2. The zero-order valence-electron chi connectivity index (χ0n) is 17.3. The Morgan fingerprint density at radius 2 is 1.88 bits per heavy atom. The van der Waals surface area contributed by atoms with E-state index in [1.807, 2.05) is 0 Å². The standard InChI is InChI=1S/C22H20F2N4O5/c23-16-7-4-14(10-17(16)24)26-22-28-27-20(33-22)18(29)9-12-1-8-19(25-11-12)32-15-5-2-13(3-6-15)21(30)31/h1,4,7-8,10-11,13,15H,2-3,5-6,9H2,(H,26,28)(H,30,31). The minimum atomic E-state index is -1.04. The molecule has 33 heavy (non-hydrogen) atoms. The van der Waals surface area contributed by atoms with Crippen LogP contribution in [-0.2, 0) is 11.2 Å². The first-order valence-corrected chi connectivity index (χ1v) is 10.3. The highest BCUT2D eigenvalue weighted by Gasteiger charge is 2.27. The number of pyridine rings is 1. The van der Waals surface area contributed by atoms with E-state index in [-0.39, 0.29) is 36.0 Å². The lowest BCUT2D eigenvalue weighted by atomic mass is 9.87. The number of nitrogens with one attached hydrogen (secondary N) is 1. The zero-order valence-corrected chi connectivity index (χ0v) is 17.3. The molecule has 3 aromatic rings. The molecule has 2 heterocycles. The summed E-state index contributed by atoms with van der Waals surface area (Å²) in [6.45, 7) is 0. The maximum absolute atomic E-state index is 13.3. The fourth-order valence-electron chi connectivity index (χ4n) is 3.53. The maximum Gasteiger partial charge on any atom is 0.320 e. The Balaban J connectivity index is 1.30. The lowest BCUT2D eigenvalue weighted by Crippen LogP contribution is -2.28. The third kappa shape index (κ3) is 5.68. The number of rotatable bonds is 8. The topological polar surface area (TPSA) is 127 Å². The van der Waals surface area contributed by atoms with Crippen LogP contribution < -0.4 is 10.1 Å². The quantitative estimate of drug-likeness (QED) is 0.483. The number of ether oxygens (including phenoxy) is 1. The van der Waals surface area contributed by atoms with Gasteiger partial charge in [-0.3, -0.25) is 9.59 Å².